The fourth-order valence-electron chi connectivity index (χ4n) is 2.89. The summed E-state index contributed by atoms with van der Waals surface area (Å²) in [6.45, 7) is 2.00. The highest BCUT2D eigenvalue weighted by molar-refractivity contribution is 7.21. The lowest BCUT2D eigenvalue weighted by molar-refractivity contribution is 0.0959. The van der Waals surface area contributed by atoms with Crippen LogP contribution >= 0.6 is 34.5 Å². The first-order valence-corrected chi connectivity index (χ1v) is 10.2. The Morgan fingerprint density at radius 3 is 2.83 bits per heavy atom. The van der Waals surface area contributed by atoms with E-state index in [0.717, 1.165) is 26.6 Å². The van der Waals surface area contributed by atoms with Crippen molar-refractivity contribution in [1.29, 1.82) is 0 Å². The highest BCUT2D eigenvalue weighted by Gasteiger charge is 2.17. The number of halogens is 2. The Bertz CT molecular complexity index is 1280. The molecule has 2 aromatic carbocycles. The van der Waals surface area contributed by atoms with Crippen LogP contribution in [0.1, 0.15) is 20.8 Å². The maximum Gasteiger partial charge on any atom is 0.283 e. The average molecular weight is 444 g/mol. The van der Waals surface area contributed by atoms with E-state index in [1.54, 1.807) is 13.2 Å². The van der Waals surface area contributed by atoms with E-state index in [1.165, 1.54) is 17.6 Å². The summed E-state index contributed by atoms with van der Waals surface area (Å²) >= 11 is 13.9. The third-order valence-corrected chi connectivity index (χ3v) is 6.33. The number of thiophene rings is 1. The van der Waals surface area contributed by atoms with Crippen LogP contribution in [-0.2, 0) is 0 Å². The van der Waals surface area contributed by atoms with E-state index in [4.69, 9.17) is 27.9 Å². The van der Waals surface area contributed by atoms with Gasteiger partial charge in [0.05, 0.1) is 23.9 Å². The zero-order chi connectivity index (χ0) is 20.5. The van der Waals surface area contributed by atoms with Gasteiger partial charge in [-0.25, -0.2) is 10.4 Å². The number of carbonyl (C=O) groups is 1. The largest absolute Gasteiger partial charge is 0.497 e. The molecule has 0 aliphatic carbocycles. The number of methoxy groups -OCH3 is 1. The van der Waals surface area contributed by atoms with Gasteiger partial charge in [-0.3, -0.25) is 4.79 Å². The van der Waals surface area contributed by atoms with E-state index in [2.05, 4.69) is 15.5 Å². The van der Waals surface area contributed by atoms with Gasteiger partial charge in [-0.2, -0.15) is 5.10 Å². The Balaban J connectivity index is 1.56. The molecule has 0 atom stereocenters. The molecule has 1 N–H and O–H groups in total. The number of hydrogen-bond donors (Lipinski definition) is 1. The number of benzene rings is 2. The molecule has 2 heterocycles. The second kappa shape index (κ2) is 7.99. The molecule has 0 aliphatic heterocycles. The number of carbonyl (C=O) groups excluding carboxylic acids is 1. The van der Waals surface area contributed by atoms with Gasteiger partial charge in [-0.05, 0) is 42.8 Å². The van der Waals surface area contributed by atoms with Gasteiger partial charge in [0.15, 0.2) is 0 Å². The van der Waals surface area contributed by atoms with Gasteiger partial charge in [0.2, 0.25) is 0 Å². The summed E-state index contributed by atoms with van der Waals surface area (Å²) < 4.78 is 6.08. The molecule has 8 heteroatoms. The predicted molar refractivity (Wildman–Crippen MR) is 120 cm³/mol. The molecule has 4 rings (SSSR count). The lowest BCUT2D eigenvalue weighted by Gasteiger charge is -2.03. The molecule has 0 spiro atoms. The first-order valence-electron chi connectivity index (χ1n) is 8.62. The minimum absolute atomic E-state index is 0.313. The number of hydrogen-bond acceptors (Lipinski definition) is 5. The van der Waals surface area contributed by atoms with Gasteiger partial charge in [0.25, 0.3) is 5.91 Å². The number of aromatic nitrogens is 1. The van der Waals surface area contributed by atoms with Crippen LogP contribution in [0, 0.1) is 6.92 Å². The van der Waals surface area contributed by atoms with Gasteiger partial charge in [0, 0.05) is 21.0 Å². The van der Waals surface area contributed by atoms with Crippen LogP contribution in [0.5, 0.6) is 5.75 Å². The van der Waals surface area contributed by atoms with E-state index in [-0.39, 0.29) is 0 Å². The first kappa shape index (κ1) is 19.6. The predicted octanol–water partition coefficient (Wildman–Crippen LogP) is 5.84. The number of nitrogens with one attached hydrogen (secondary N) is 1. The van der Waals surface area contributed by atoms with Crippen LogP contribution in [-0.4, -0.2) is 24.2 Å². The number of ether oxygens (including phenoxy) is 1. The Morgan fingerprint density at radius 2 is 2.03 bits per heavy atom. The highest BCUT2D eigenvalue weighted by atomic mass is 35.5. The molecule has 0 aliphatic rings. The summed E-state index contributed by atoms with van der Waals surface area (Å²) in [6, 6.07) is 13.3. The van der Waals surface area contributed by atoms with Crippen molar-refractivity contribution < 1.29 is 9.53 Å². The zero-order valence-corrected chi connectivity index (χ0v) is 17.8. The van der Waals surface area contributed by atoms with Crippen LogP contribution in [0.4, 0.5) is 0 Å². The lowest BCUT2D eigenvalue weighted by Crippen LogP contribution is -2.16. The minimum Gasteiger partial charge on any atom is -0.497 e. The Kier molecular flexibility index (Phi) is 5.41. The number of pyridine rings is 1. The van der Waals surface area contributed by atoms with Gasteiger partial charge < -0.3 is 4.74 Å². The topological polar surface area (TPSA) is 63.6 Å². The molecule has 29 heavy (non-hydrogen) atoms. The second-order valence-electron chi connectivity index (χ2n) is 6.37. The summed E-state index contributed by atoms with van der Waals surface area (Å²) in [7, 11) is 1.59. The van der Waals surface area contributed by atoms with E-state index in [9.17, 15) is 4.79 Å². The molecule has 146 valence electrons. The summed E-state index contributed by atoms with van der Waals surface area (Å²) in [5.41, 5.74) is 5.02. The van der Waals surface area contributed by atoms with Crippen molar-refractivity contribution in [1.82, 2.24) is 10.4 Å². The molecule has 0 bridgehead atoms. The third-order valence-electron chi connectivity index (χ3n) is 4.37. The van der Waals surface area contributed by atoms with Crippen molar-refractivity contribution in [3.05, 3.63) is 68.6 Å². The number of hydrazone groups is 1. The quantitative estimate of drug-likeness (QED) is 0.245. The molecule has 2 aromatic heterocycles. The average Bonchev–Trinajstić information content (AvgIpc) is 3.04. The smallest absolute Gasteiger partial charge is 0.283 e. The van der Waals surface area contributed by atoms with Crippen LogP contribution in [0.2, 0.25) is 10.2 Å². The van der Waals surface area contributed by atoms with E-state index >= 15 is 0 Å². The number of rotatable bonds is 4. The molecule has 1 amide bonds. The summed E-state index contributed by atoms with van der Waals surface area (Å²) in [4.78, 5) is 17.3. The van der Waals surface area contributed by atoms with Gasteiger partial charge in [-0.1, -0.05) is 35.3 Å². The zero-order valence-electron chi connectivity index (χ0n) is 15.5. The van der Waals surface area contributed by atoms with Crippen LogP contribution in [0.15, 0.2) is 47.6 Å². The maximum atomic E-state index is 12.5. The summed E-state index contributed by atoms with van der Waals surface area (Å²) in [5, 5.41) is 6.46. The molecule has 4 aromatic rings. The van der Waals surface area contributed by atoms with Gasteiger partial charge >= 0.3 is 0 Å². The van der Waals surface area contributed by atoms with Crippen LogP contribution in [0.25, 0.3) is 21.0 Å². The van der Waals surface area contributed by atoms with Gasteiger partial charge in [-0.15, -0.1) is 11.3 Å². The van der Waals surface area contributed by atoms with Crippen molar-refractivity contribution >= 4 is 67.6 Å². The van der Waals surface area contributed by atoms with Crippen molar-refractivity contribution in [3.8, 4) is 5.75 Å². The van der Waals surface area contributed by atoms with E-state index in [1.807, 2.05) is 43.3 Å². The van der Waals surface area contributed by atoms with Crippen molar-refractivity contribution in [2.75, 3.05) is 7.11 Å². The Morgan fingerprint density at radius 1 is 1.21 bits per heavy atom. The SMILES string of the molecule is COc1ccc2c(Cl)c(C(=O)NN=Cc3cc4ccc(C)cc4nc3Cl)sc2c1. The Hall–Kier alpha value is -2.67. The number of nitrogens with zero attached hydrogens (tertiary/aromatic N) is 2. The normalized spacial score (nSPS) is 11.4. The number of amides is 1. The van der Waals surface area contributed by atoms with Crippen molar-refractivity contribution in [3.63, 3.8) is 0 Å². The summed E-state index contributed by atoms with van der Waals surface area (Å²) in [5.74, 6) is 0.306. The minimum atomic E-state index is -0.396. The second-order valence-corrected chi connectivity index (χ2v) is 8.16. The van der Waals surface area contributed by atoms with Crippen molar-refractivity contribution in [2.24, 2.45) is 5.10 Å². The molecule has 0 saturated carbocycles. The summed E-state index contributed by atoms with van der Waals surface area (Å²) in [6.07, 6.45) is 1.47. The number of fused-ring (bicyclic) bond motifs is 2. The molecule has 0 radical (unpaired) electrons. The molecule has 0 fully saturated rings. The lowest BCUT2D eigenvalue weighted by atomic mass is 10.1. The Labute approximate surface area is 180 Å². The number of aryl methyl sites for hydroxylation is 1. The third kappa shape index (κ3) is 3.92. The molecular weight excluding hydrogens is 429 g/mol. The highest BCUT2D eigenvalue weighted by Crippen LogP contribution is 2.37. The first-order chi connectivity index (χ1) is 14.0. The fraction of sp³-hybridized carbons (Fsp3) is 0.0952. The van der Waals surface area contributed by atoms with E-state index < -0.39 is 5.91 Å². The van der Waals surface area contributed by atoms with Gasteiger partial charge in [0.1, 0.15) is 15.8 Å². The monoisotopic (exact) mass is 443 g/mol. The maximum absolute atomic E-state index is 12.5. The molecule has 5 nitrogen and oxygen atoms in total. The standard InChI is InChI=1S/C21H15Cl2N3O2S/c1-11-3-4-12-8-13(20(23)25-16(12)7-11)10-24-26-21(27)19-18(22)15-6-5-14(28-2)9-17(15)29-19/h3-10H,1-2H3,(H,26,27). The fourth-order valence-corrected chi connectivity index (χ4v) is 4.52. The van der Waals surface area contributed by atoms with Crippen LogP contribution < -0.4 is 10.2 Å². The molecule has 0 saturated heterocycles. The van der Waals surface area contributed by atoms with E-state index in [0.29, 0.717) is 26.4 Å². The van der Waals surface area contributed by atoms with Crippen molar-refractivity contribution in [2.45, 2.75) is 6.92 Å². The van der Waals surface area contributed by atoms with Crippen LogP contribution in [0.3, 0.4) is 0 Å². The molecular formula is C21H15Cl2N3O2S. The molecule has 0 unspecified atom stereocenters.